The second-order valence-electron chi connectivity index (χ2n) is 3.04. The molecule has 0 unspecified atom stereocenters. The quantitative estimate of drug-likeness (QED) is 0.831. The van der Waals surface area contributed by atoms with Crippen molar-refractivity contribution in [2.45, 2.75) is 11.3 Å². The maximum Gasteiger partial charge on any atom is 0.573 e. The lowest BCUT2D eigenvalue weighted by molar-refractivity contribution is -0.274. The van der Waals surface area contributed by atoms with Gasteiger partial charge in [0, 0.05) is 4.90 Å². The zero-order valence-corrected chi connectivity index (χ0v) is 8.61. The van der Waals surface area contributed by atoms with Crippen LogP contribution in [0.25, 0.3) is 0 Å². The van der Waals surface area contributed by atoms with Gasteiger partial charge in [0.25, 0.3) is 0 Å². The molecule has 0 saturated heterocycles. The van der Waals surface area contributed by atoms with Crippen molar-refractivity contribution in [2.24, 2.45) is 0 Å². The summed E-state index contributed by atoms with van der Waals surface area (Å²) in [6.07, 6.45) is -4.70. The summed E-state index contributed by atoms with van der Waals surface area (Å²) in [5.41, 5.74) is 0.510. The smallest absolute Gasteiger partial charge is 0.406 e. The van der Waals surface area contributed by atoms with Crippen LogP contribution in [0.3, 0.4) is 0 Å². The maximum absolute atomic E-state index is 11.9. The van der Waals surface area contributed by atoms with E-state index in [9.17, 15) is 18.0 Å². The number of hydrogen-bond acceptors (Lipinski definition) is 3. The maximum atomic E-state index is 11.9. The molecule has 0 atom stereocenters. The van der Waals surface area contributed by atoms with E-state index in [1.165, 1.54) is 30.0 Å². The molecule has 1 heterocycles. The number of alkyl halides is 3. The molecule has 1 amide bonds. The van der Waals surface area contributed by atoms with Crippen LogP contribution in [0.5, 0.6) is 5.75 Å². The zero-order valence-electron chi connectivity index (χ0n) is 7.80. The molecular formula is C9H6F3NO2S. The summed E-state index contributed by atoms with van der Waals surface area (Å²) in [6.45, 7) is 0. The van der Waals surface area contributed by atoms with Crippen molar-refractivity contribution in [1.82, 2.24) is 0 Å². The van der Waals surface area contributed by atoms with Crippen molar-refractivity contribution in [3.63, 3.8) is 0 Å². The number of carbonyl (C=O) groups is 1. The number of thioether (sulfide) groups is 1. The number of benzene rings is 1. The fourth-order valence-corrected chi connectivity index (χ4v) is 2.08. The number of nitrogens with one attached hydrogen (secondary N) is 1. The van der Waals surface area contributed by atoms with Crippen LogP contribution < -0.4 is 10.1 Å². The fraction of sp³-hybridized carbons (Fsp3) is 0.222. The van der Waals surface area contributed by atoms with Gasteiger partial charge in [0.15, 0.2) is 0 Å². The van der Waals surface area contributed by atoms with E-state index in [1.54, 1.807) is 0 Å². The number of carbonyl (C=O) groups excluding carboxylic acids is 1. The number of hydrogen-bond donors (Lipinski definition) is 1. The van der Waals surface area contributed by atoms with Crippen molar-refractivity contribution in [2.75, 3.05) is 11.1 Å². The van der Waals surface area contributed by atoms with Crippen LogP contribution in [-0.4, -0.2) is 18.0 Å². The van der Waals surface area contributed by atoms with Crippen LogP contribution in [-0.2, 0) is 4.79 Å². The Morgan fingerprint density at radius 2 is 2.12 bits per heavy atom. The van der Waals surface area contributed by atoms with Crippen LogP contribution >= 0.6 is 11.8 Å². The van der Waals surface area contributed by atoms with Gasteiger partial charge < -0.3 is 10.1 Å². The summed E-state index contributed by atoms with van der Waals surface area (Å²) in [5.74, 6) is -0.250. The van der Waals surface area contributed by atoms with E-state index in [2.05, 4.69) is 10.1 Å². The highest BCUT2D eigenvalue weighted by Crippen LogP contribution is 2.35. The van der Waals surface area contributed by atoms with E-state index in [0.29, 0.717) is 10.6 Å². The highest BCUT2D eigenvalue weighted by atomic mass is 32.2. The van der Waals surface area contributed by atoms with Crippen molar-refractivity contribution in [3.8, 4) is 5.75 Å². The number of amides is 1. The Labute approximate surface area is 93.0 Å². The molecular weight excluding hydrogens is 243 g/mol. The predicted molar refractivity (Wildman–Crippen MR) is 52.5 cm³/mol. The highest BCUT2D eigenvalue weighted by molar-refractivity contribution is 8.00. The first-order chi connectivity index (χ1) is 7.44. The lowest BCUT2D eigenvalue weighted by Gasteiger charge is -2.17. The fourth-order valence-electron chi connectivity index (χ4n) is 1.25. The van der Waals surface area contributed by atoms with Gasteiger partial charge in [-0.15, -0.1) is 24.9 Å². The molecule has 0 bridgehead atoms. The SMILES string of the molecule is O=C1CSc2cc(OC(F)(F)F)ccc2N1. The van der Waals surface area contributed by atoms with Crippen molar-refractivity contribution < 1.29 is 22.7 Å². The van der Waals surface area contributed by atoms with Gasteiger partial charge in [-0.05, 0) is 18.2 Å². The molecule has 0 spiro atoms. The Kier molecular flexibility index (Phi) is 2.71. The zero-order chi connectivity index (χ0) is 11.8. The van der Waals surface area contributed by atoms with E-state index in [-0.39, 0.29) is 17.4 Å². The second kappa shape index (κ2) is 3.89. The summed E-state index contributed by atoms with van der Waals surface area (Å²) in [6, 6.07) is 3.81. The van der Waals surface area contributed by atoms with Gasteiger partial charge in [-0.1, -0.05) is 0 Å². The molecule has 0 aliphatic carbocycles. The second-order valence-corrected chi connectivity index (χ2v) is 4.06. The minimum Gasteiger partial charge on any atom is -0.406 e. The summed E-state index contributed by atoms with van der Waals surface area (Å²) in [7, 11) is 0. The summed E-state index contributed by atoms with van der Waals surface area (Å²) < 4.78 is 39.6. The van der Waals surface area contributed by atoms with Crippen LogP contribution in [0.1, 0.15) is 0 Å². The molecule has 16 heavy (non-hydrogen) atoms. The summed E-state index contributed by atoms with van der Waals surface area (Å²) >= 11 is 1.18. The molecule has 7 heteroatoms. The summed E-state index contributed by atoms with van der Waals surface area (Å²) in [4.78, 5) is 11.6. The molecule has 0 radical (unpaired) electrons. The highest BCUT2D eigenvalue weighted by Gasteiger charge is 2.31. The summed E-state index contributed by atoms with van der Waals surface area (Å²) in [5, 5.41) is 2.55. The minimum absolute atomic E-state index is 0.165. The molecule has 2 rings (SSSR count). The van der Waals surface area contributed by atoms with Crippen LogP contribution in [0, 0.1) is 0 Å². The van der Waals surface area contributed by atoms with Crippen molar-refractivity contribution in [1.29, 1.82) is 0 Å². The van der Waals surface area contributed by atoms with E-state index in [0.717, 1.165) is 0 Å². The monoisotopic (exact) mass is 249 g/mol. The molecule has 86 valence electrons. The third kappa shape index (κ3) is 2.60. The molecule has 1 aromatic rings. The lowest BCUT2D eigenvalue weighted by atomic mass is 10.3. The average Bonchev–Trinajstić information content (AvgIpc) is 2.16. The standard InChI is InChI=1S/C9H6F3NO2S/c10-9(11,12)15-5-1-2-6-7(3-5)16-4-8(14)13-6/h1-3H,4H2,(H,13,14). The molecule has 1 N–H and O–H groups in total. The predicted octanol–water partition coefficient (Wildman–Crippen LogP) is 2.63. The Bertz CT molecular complexity index is 433. The molecule has 1 aliphatic heterocycles. The number of ether oxygens (including phenoxy) is 1. The van der Waals surface area contributed by atoms with Crippen LogP contribution in [0.4, 0.5) is 18.9 Å². The Balaban J connectivity index is 2.23. The van der Waals surface area contributed by atoms with Crippen LogP contribution in [0.2, 0.25) is 0 Å². The molecule has 0 fully saturated rings. The Morgan fingerprint density at radius 1 is 1.38 bits per heavy atom. The van der Waals surface area contributed by atoms with Gasteiger partial charge in [-0.25, -0.2) is 0 Å². The number of rotatable bonds is 1. The largest absolute Gasteiger partial charge is 0.573 e. The Morgan fingerprint density at radius 3 is 2.81 bits per heavy atom. The van der Waals surface area contributed by atoms with Gasteiger partial charge in [0.1, 0.15) is 5.75 Å². The van der Waals surface area contributed by atoms with Crippen LogP contribution in [0.15, 0.2) is 23.1 Å². The van der Waals surface area contributed by atoms with Crippen molar-refractivity contribution in [3.05, 3.63) is 18.2 Å². The molecule has 3 nitrogen and oxygen atoms in total. The van der Waals surface area contributed by atoms with E-state index < -0.39 is 6.36 Å². The first-order valence-electron chi connectivity index (χ1n) is 4.26. The lowest BCUT2D eigenvalue weighted by Crippen LogP contribution is -2.20. The first-order valence-corrected chi connectivity index (χ1v) is 5.25. The van der Waals surface area contributed by atoms with Gasteiger partial charge in [0.05, 0.1) is 11.4 Å². The third-order valence-corrected chi connectivity index (χ3v) is 2.87. The van der Waals surface area contributed by atoms with Crippen molar-refractivity contribution >= 4 is 23.4 Å². The third-order valence-electron chi connectivity index (χ3n) is 1.82. The number of halogens is 3. The molecule has 1 aromatic carbocycles. The van der Waals surface area contributed by atoms with Gasteiger partial charge in [-0.2, -0.15) is 0 Å². The van der Waals surface area contributed by atoms with E-state index in [4.69, 9.17) is 0 Å². The number of fused-ring (bicyclic) bond motifs is 1. The average molecular weight is 249 g/mol. The van der Waals surface area contributed by atoms with Gasteiger partial charge in [-0.3, -0.25) is 4.79 Å². The van der Waals surface area contributed by atoms with Gasteiger partial charge in [0.2, 0.25) is 5.91 Å². The van der Waals surface area contributed by atoms with Gasteiger partial charge >= 0.3 is 6.36 Å². The normalized spacial score (nSPS) is 15.3. The molecule has 0 aromatic heterocycles. The van der Waals surface area contributed by atoms with E-state index in [1.807, 2.05) is 0 Å². The molecule has 0 saturated carbocycles. The molecule has 1 aliphatic rings. The topological polar surface area (TPSA) is 38.3 Å². The first kappa shape index (κ1) is 11.1. The van der Waals surface area contributed by atoms with E-state index >= 15 is 0 Å². The number of anilines is 1. The Hall–Kier alpha value is -1.37. The minimum atomic E-state index is -4.70.